The summed E-state index contributed by atoms with van der Waals surface area (Å²) in [5, 5.41) is 0. The van der Waals surface area contributed by atoms with E-state index < -0.39 is 0 Å². The molecule has 1 aliphatic carbocycles. The van der Waals surface area contributed by atoms with Crippen LogP contribution in [0.3, 0.4) is 0 Å². The van der Waals surface area contributed by atoms with Crippen molar-refractivity contribution in [3.63, 3.8) is 0 Å². The number of ether oxygens (including phenoxy) is 1. The SMILES string of the molecule is CCCOc1ccc2c(c1)CCC(c1ccc(CCC)cc1F)C2. The summed E-state index contributed by atoms with van der Waals surface area (Å²) in [4.78, 5) is 0. The van der Waals surface area contributed by atoms with Gasteiger partial charge in [-0.1, -0.05) is 38.5 Å². The van der Waals surface area contributed by atoms with Crippen molar-refractivity contribution < 1.29 is 9.13 Å². The highest BCUT2D eigenvalue weighted by atomic mass is 19.1. The van der Waals surface area contributed by atoms with Crippen LogP contribution in [0.2, 0.25) is 0 Å². The number of benzene rings is 2. The van der Waals surface area contributed by atoms with Gasteiger partial charge in [-0.3, -0.25) is 0 Å². The molecule has 2 heteroatoms. The third-order valence-corrected chi connectivity index (χ3v) is 4.92. The fraction of sp³-hybridized carbons (Fsp3) is 0.455. The Morgan fingerprint density at radius 2 is 1.92 bits per heavy atom. The maximum Gasteiger partial charge on any atom is 0.126 e. The van der Waals surface area contributed by atoms with Gasteiger partial charge in [0.15, 0.2) is 0 Å². The molecule has 0 aromatic heterocycles. The number of hydrogen-bond donors (Lipinski definition) is 0. The van der Waals surface area contributed by atoms with Gasteiger partial charge in [-0.05, 0) is 78.5 Å². The van der Waals surface area contributed by atoms with E-state index in [0.717, 1.165) is 62.0 Å². The molecule has 0 N–H and O–H groups in total. The Balaban J connectivity index is 1.75. The minimum atomic E-state index is -0.0303. The molecule has 0 radical (unpaired) electrons. The molecule has 128 valence electrons. The van der Waals surface area contributed by atoms with Gasteiger partial charge < -0.3 is 4.74 Å². The summed E-state index contributed by atoms with van der Waals surface area (Å²) in [7, 11) is 0. The van der Waals surface area contributed by atoms with Crippen molar-refractivity contribution >= 4 is 0 Å². The second kappa shape index (κ2) is 7.83. The lowest BCUT2D eigenvalue weighted by Gasteiger charge is -2.26. The van der Waals surface area contributed by atoms with Crippen molar-refractivity contribution in [1.82, 2.24) is 0 Å². The quantitative estimate of drug-likeness (QED) is 0.648. The molecule has 2 aromatic carbocycles. The first-order chi connectivity index (χ1) is 11.7. The van der Waals surface area contributed by atoms with Gasteiger partial charge in [-0.15, -0.1) is 0 Å². The van der Waals surface area contributed by atoms with E-state index in [4.69, 9.17) is 4.74 Å². The third-order valence-electron chi connectivity index (χ3n) is 4.92. The van der Waals surface area contributed by atoms with Crippen LogP contribution in [-0.4, -0.2) is 6.61 Å². The molecule has 2 aromatic rings. The van der Waals surface area contributed by atoms with E-state index in [9.17, 15) is 4.39 Å². The van der Waals surface area contributed by atoms with Gasteiger partial charge >= 0.3 is 0 Å². The van der Waals surface area contributed by atoms with Gasteiger partial charge in [-0.2, -0.15) is 0 Å². The molecule has 0 amide bonds. The monoisotopic (exact) mass is 326 g/mol. The summed E-state index contributed by atoms with van der Waals surface area (Å²) < 4.78 is 20.2. The zero-order chi connectivity index (χ0) is 16.9. The molecule has 1 atom stereocenters. The topological polar surface area (TPSA) is 9.23 Å². The van der Waals surface area contributed by atoms with Gasteiger partial charge in [0, 0.05) is 0 Å². The second-order valence-corrected chi connectivity index (χ2v) is 6.82. The minimum absolute atomic E-state index is 0.0303. The van der Waals surface area contributed by atoms with Gasteiger partial charge in [0.2, 0.25) is 0 Å². The van der Waals surface area contributed by atoms with E-state index >= 15 is 0 Å². The van der Waals surface area contributed by atoms with Gasteiger partial charge in [-0.25, -0.2) is 4.39 Å². The molecule has 0 bridgehead atoms. The Hall–Kier alpha value is -1.83. The summed E-state index contributed by atoms with van der Waals surface area (Å²) in [6.45, 7) is 5.00. The smallest absolute Gasteiger partial charge is 0.126 e. The van der Waals surface area contributed by atoms with Crippen molar-refractivity contribution in [1.29, 1.82) is 0 Å². The fourth-order valence-corrected chi connectivity index (χ4v) is 3.65. The molecular weight excluding hydrogens is 299 g/mol. The molecule has 1 nitrogen and oxygen atoms in total. The standard InChI is InChI=1S/C22H27FO/c1-3-5-16-6-11-21(22(23)13-16)19-8-7-18-15-20(24-12-4-2)10-9-17(18)14-19/h6,9-11,13,15,19H,3-5,7-8,12,14H2,1-2H3. The summed E-state index contributed by atoms with van der Waals surface area (Å²) in [5.41, 5.74) is 4.69. The Morgan fingerprint density at radius 1 is 1.04 bits per heavy atom. The molecule has 1 aliphatic rings. The molecule has 0 heterocycles. The molecule has 0 fully saturated rings. The van der Waals surface area contributed by atoms with Crippen molar-refractivity contribution in [2.24, 2.45) is 0 Å². The molecule has 0 saturated heterocycles. The van der Waals surface area contributed by atoms with Crippen molar-refractivity contribution in [3.05, 3.63) is 64.5 Å². The Bertz CT molecular complexity index is 692. The molecule has 3 rings (SSSR count). The van der Waals surface area contributed by atoms with E-state index in [1.165, 1.54) is 11.1 Å². The Morgan fingerprint density at radius 3 is 2.67 bits per heavy atom. The minimum Gasteiger partial charge on any atom is -0.494 e. The van der Waals surface area contributed by atoms with Crippen LogP contribution in [0.1, 0.15) is 61.3 Å². The normalized spacial score (nSPS) is 16.7. The van der Waals surface area contributed by atoms with Crippen LogP contribution in [0.4, 0.5) is 4.39 Å². The van der Waals surface area contributed by atoms with Crippen LogP contribution in [0, 0.1) is 5.82 Å². The Labute approximate surface area is 144 Å². The van der Waals surface area contributed by atoms with Crippen LogP contribution < -0.4 is 4.74 Å². The van der Waals surface area contributed by atoms with Crippen molar-refractivity contribution in [3.8, 4) is 5.75 Å². The zero-order valence-corrected chi connectivity index (χ0v) is 14.8. The van der Waals surface area contributed by atoms with Crippen LogP contribution in [-0.2, 0) is 19.3 Å². The maximum atomic E-state index is 14.5. The van der Waals surface area contributed by atoms with Gasteiger partial charge in [0.05, 0.1) is 6.61 Å². The lowest BCUT2D eigenvalue weighted by atomic mass is 9.79. The summed E-state index contributed by atoms with van der Waals surface area (Å²) in [6, 6.07) is 12.2. The van der Waals surface area contributed by atoms with Gasteiger partial charge in [0.1, 0.15) is 11.6 Å². The molecular formula is C22H27FO. The number of hydrogen-bond acceptors (Lipinski definition) is 1. The van der Waals surface area contributed by atoms with Crippen molar-refractivity contribution in [2.45, 2.75) is 58.3 Å². The van der Waals surface area contributed by atoms with E-state index in [2.05, 4.69) is 38.1 Å². The predicted octanol–water partition coefficient (Wildman–Crippen LogP) is 5.84. The average molecular weight is 326 g/mol. The maximum absolute atomic E-state index is 14.5. The molecule has 1 unspecified atom stereocenters. The predicted molar refractivity (Wildman–Crippen MR) is 97.4 cm³/mol. The highest BCUT2D eigenvalue weighted by Gasteiger charge is 2.23. The number of fused-ring (bicyclic) bond motifs is 1. The number of halogens is 1. The van der Waals surface area contributed by atoms with Crippen LogP contribution in [0.25, 0.3) is 0 Å². The van der Waals surface area contributed by atoms with Crippen molar-refractivity contribution in [2.75, 3.05) is 6.61 Å². The molecule has 0 spiro atoms. The van der Waals surface area contributed by atoms with E-state index in [0.29, 0.717) is 0 Å². The second-order valence-electron chi connectivity index (χ2n) is 6.82. The number of rotatable bonds is 6. The summed E-state index contributed by atoms with van der Waals surface area (Å²) in [6.07, 6.45) is 5.96. The van der Waals surface area contributed by atoms with Crippen LogP contribution >= 0.6 is 0 Å². The van der Waals surface area contributed by atoms with Crippen LogP contribution in [0.5, 0.6) is 5.75 Å². The molecule has 24 heavy (non-hydrogen) atoms. The summed E-state index contributed by atoms with van der Waals surface area (Å²) in [5.74, 6) is 1.22. The molecule has 0 aliphatic heterocycles. The first kappa shape index (κ1) is 17.0. The first-order valence-corrected chi connectivity index (χ1v) is 9.24. The number of aryl methyl sites for hydroxylation is 2. The Kier molecular flexibility index (Phi) is 5.55. The lowest BCUT2D eigenvalue weighted by Crippen LogP contribution is -2.14. The van der Waals surface area contributed by atoms with Crippen LogP contribution in [0.15, 0.2) is 36.4 Å². The largest absolute Gasteiger partial charge is 0.494 e. The highest BCUT2D eigenvalue weighted by molar-refractivity contribution is 5.40. The lowest BCUT2D eigenvalue weighted by molar-refractivity contribution is 0.316. The van der Waals surface area contributed by atoms with E-state index in [-0.39, 0.29) is 11.7 Å². The molecule has 0 saturated carbocycles. The summed E-state index contributed by atoms with van der Waals surface area (Å²) >= 11 is 0. The first-order valence-electron chi connectivity index (χ1n) is 9.24. The van der Waals surface area contributed by atoms with Gasteiger partial charge in [0.25, 0.3) is 0 Å². The third kappa shape index (κ3) is 3.80. The van der Waals surface area contributed by atoms with E-state index in [1.807, 2.05) is 6.07 Å². The fourth-order valence-electron chi connectivity index (χ4n) is 3.65. The highest BCUT2D eigenvalue weighted by Crippen LogP contribution is 2.35. The van der Waals surface area contributed by atoms with E-state index in [1.54, 1.807) is 6.07 Å². The zero-order valence-electron chi connectivity index (χ0n) is 14.8. The average Bonchev–Trinajstić information content (AvgIpc) is 2.60.